The van der Waals surface area contributed by atoms with Gasteiger partial charge in [0.2, 0.25) is 0 Å². The predicted octanol–water partition coefficient (Wildman–Crippen LogP) is 3.29. The van der Waals surface area contributed by atoms with Crippen LogP contribution in [0.5, 0.6) is 5.75 Å². The average molecular weight is 353 g/mol. The number of hydrogen-bond donors (Lipinski definition) is 1. The van der Waals surface area contributed by atoms with E-state index < -0.39 is 0 Å². The van der Waals surface area contributed by atoms with E-state index in [1.165, 1.54) is 25.8 Å². The molecule has 21 heavy (non-hydrogen) atoms. The number of nitrogens with zero attached hydrogens (tertiary/aromatic N) is 1. The lowest BCUT2D eigenvalue weighted by Crippen LogP contribution is -2.57. The third-order valence-electron chi connectivity index (χ3n) is 4.69. The maximum atomic E-state index is 5.89. The second-order valence-corrected chi connectivity index (χ2v) is 7.13. The minimum atomic E-state index is 0.661. The summed E-state index contributed by atoms with van der Waals surface area (Å²) in [4.78, 5) is 2.62. The molecule has 1 aromatic carbocycles. The Kier molecular flexibility index (Phi) is 5.19. The highest BCUT2D eigenvalue weighted by Gasteiger charge is 2.36. The van der Waals surface area contributed by atoms with E-state index in [0.29, 0.717) is 12.1 Å². The fourth-order valence-electron chi connectivity index (χ4n) is 3.19. The Labute approximate surface area is 136 Å². The van der Waals surface area contributed by atoms with Crippen molar-refractivity contribution in [3.05, 3.63) is 28.7 Å². The number of rotatable bonds is 6. The summed E-state index contributed by atoms with van der Waals surface area (Å²) < 4.78 is 6.98. The molecule has 2 unspecified atom stereocenters. The summed E-state index contributed by atoms with van der Waals surface area (Å²) in [5.74, 6) is 1.89. The molecule has 1 saturated heterocycles. The molecule has 1 aliphatic heterocycles. The molecule has 0 radical (unpaired) electrons. The predicted molar refractivity (Wildman–Crippen MR) is 89.8 cm³/mol. The van der Waals surface area contributed by atoms with Gasteiger partial charge in [0.1, 0.15) is 12.4 Å². The Hall–Kier alpha value is -0.580. The van der Waals surface area contributed by atoms with Crippen LogP contribution in [0.3, 0.4) is 0 Å². The van der Waals surface area contributed by atoms with Gasteiger partial charge in [-0.15, -0.1) is 0 Å². The molecule has 0 amide bonds. The van der Waals surface area contributed by atoms with E-state index >= 15 is 0 Å². The first-order chi connectivity index (χ1) is 10.3. The molecule has 2 atom stereocenters. The van der Waals surface area contributed by atoms with Gasteiger partial charge in [0, 0.05) is 36.2 Å². The summed E-state index contributed by atoms with van der Waals surface area (Å²) >= 11 is 3.45. The van der Waals surface area contributed by atoms with Crippen molar-refractivity contribution in [1.29, 1.82) is 0 Å². The maximum absolute atomic E-state index is 5.89. The lowest BCUT2D eigenvalue weighted by Gasteiger charge is -2.40. The Morgan fingerprint density at radius 1 is 1.29 bits per heavy atom. The summed E-state index contributed by atoms with van der Waals surface area (Å²) in [5.41, 5.74) is 0. The van der Waals surface area contributed by atoms with Crippen molar-refractivity contribution in [1.82, 2.24) is 10.2 Å². The highest BCUT2D eigenvalue weighted by molar-refractivity contribution is 9.10. The van der Waals surface area contributed by atoms with E-state index in [1.54, 1.807) is 0 Å². The van der Waals surface area contributed by atoms with Crippen LogP contribution in [-0.2, 0) is 0 Å². The Balaban J connectivity index is 1.48. The van der Waals surface area contributed by atoms with E-state index in [0.717, 1.165) is 35.8 Å². The molecule has 0 aromatic heterocycles. The molecule has 3 rings (SSSR count). The molecular formula is C17H25BrN2O. The number of benzene rings is 1. The summed E-state index contributed by atoms with van der Waals surface area (Å²) in [6.07, 6.45) is 4.04. The quantitative estimate of drug-likeness (QED) is 0.849. The van der Waals surface area contributed by atoms with Gasteiger partial charge in [-0.1, -0.05) is 22.9 Å². The van der Waals surface area contributed by atoms with Crippen LogP contribution in [0.25, 0.3) is 0 Å². The molecule has 3 nitrogen and oxygen atoms in total. The van der Waals surface area contributed by atoms with Gasteiger partial charge in [0.15, 0.2) is 0 Å². The summed E-state index contributed by atoms with van der Waals surface area (Å²) in [5, 5.41) is 3.74. The van der Waals surface area contributed by atoms with Crippen molar-refractivity contribution in [2.45, 2.75) is 38.3 Å². The van der Waals surface area contributed by atoms with Crippen molar-refractivity contribution >= 4 is 15.9 Å². The van der Waals surface area contributed by atoms with Gasteiger partial charge in [-0.3, -0.25) is 4.90 Å². The van der Waals surface area contributed by atoms with E-state index in [4.69, 9.17) is 4.74 Å². The molecule has 4 heteroatoms. The third-order valence-corrected chi connectivity index (χ3v) is 5.22. The Morgan fingerprint density at radius 2 is 2.05 bits per heavy atom. The SMILES string of the molecule is CCC1CNC(C2CC2)CN1CCOc1ccc(Br)cc1. The molecule has 1 saturated carbocycles. The Morgan fingerprint density at radius 3 is 2.71 bits per heavy atom. The fourth-order valence-corrected chi connectivity index (χ4v) is 3.45. The second kappa shape index (κ2) is 7.12. The van der Waals surface area contributed by atoms with Crippen LogP contribution in [0.1, 0.15) is 26.2 Å². The van der Waals surface area contributed by atoms with Crippen LogP contribution in [-0.4, -0.2) is 43.2 Å². The van der Waals surface area contributed by atoms with Crippen LogP contribution in [0, 0.1) is 5.92 Å². The molecule has 0 bridgehead atoms. The van der Waals surface area contributed by atoms with Gasteiger partial charge >= 0.3 is 0 Å². The first-order valence-electron chi connectivity index (χ1n) is 8.12. The molecule has 1 heterocycles. The number of ether oxygens (including phenoxy) is 1. The monoisotopic (exact) mass is 352 g/mol. The molecule has 2 aliphatic rings. The van der Waals surface area contributed by atoms with Crippen LogP contribution in [0.4, 0.5) is 0 Å². The lowest BCUT2D eigenvalue weighted by molar-refractivity contribution is 0.100. The van der Waals surface area contributed by atoms with Gasteiger partial charge in [-0.2, -0.15) is 0 Å². The van der Waals surface area contributed by atoms with Gasteiger partial charge < -0.3 is 10.1 Å². The molecule has 2 fully saturated rings. The third kappa shape index (κ3) is 4.21. The van der Waals surface area contributed by atoms with Crippen molar-refractivity contribution in [3.63, 3.8) is 0 Å². The van der Waals surface area contributed by atoms with E-state index in [-0.39, 0.29) is 0 Å². The molecule has 1 N–H and O–H groups in total. The van der Waals surface area contributed by atoms with E-state index in [2.05, 4.69) is 33.1 Å². The second-order valence-electron chi connectivity index (χ2n) is 6.21. The van der Waals surface area contributed by atoms with Gasteiger partial charge in [-0.25, -0.2) is 0 Å². The van der Waals surface area contributed by atoms with Gasteiger partial charge in [0.05, 0.1) is 0 Å². The molecule has 1 aromatic rings. The maximum Gasteiger partial charge on any atom is 0.119 e. The fraction of sp³-hybridized carbons (Fsp3) is 0.647. The van der Waals surface area contributed by atoms with Crippen LogP contribution in [0.15, 0.2) is 28.7 Å². The number of piperazine rings is 1. The summed E-state index contributed by atoms with van der Waals surface area (Å²) in [6.45, 7) is 6.41. The number of nitrogens with one attached hydrogen (secondary N) is 1. The zero-order valence-corrected chi connectivity index (χ0v) is 14.3. The van der Waals surface area contributed by atoms with Crippen LogP contribution in [0.2, 0.25) is 0 Å². The zero-order valence-electron chi connectivity index (χ0n) is 12.7. The Bertz CT molecular complexity index is 447. The summed E-state index contributed by atoms with van der Waals surface area (Å²) in [6, 6.07) is 9.46. The van der Waals surface area contributed by atoms with E-state index in [1.807, 2.05) is 24.3 Å². The zero-order chi connectivity index (χ0) is 14.7. The minimum Gasteiger partial charge on any atom is -0.492 e. The normalized spacial score (nSPS) is 26.8. The topological polar surface area (TPSA) is 24.5 Å². The number of halogens is 1. The molecule has 1 aliphatic carbocycles. The lowest BCUT2D eigenvalue weighted by atomic mass is 10.0. The minimum absolute atomic E-state index is 0.661. The van der Waals surface area contributed by atoms with Crippen molar-refractivity contribution in [2.24, 2.45) is 5.92 Å². The van der Waals surface area contributed by atoms with Gasteiger partial charge in [-0.05, 0) is 49.4 Å². The molecule has 0 spiro atoms. The average Bonchev–Trinajstić information content (AvgIpc) is 3.34. The molecular weight excluding hydrogens is 328 g/mol. The molecule has 116 valence electrons. The van der Waals surface area contributed by atoms with Gasteiger partial charge in [0.25, 0.3) is 0 Å². The van der Waals surface area contributed by atoms with Crippen molar-refractivity contribution < 1.29 is 4.74 Å². The van der Waals surface area contributed by atoms with E-state index in [9.17, 15) is 0 Å². The first-order valence-corrected chi connectivity index (χ1v) is 8.91. The smallest absolute Gasteiger partial charge is 0.119 e. The van der Waals surface area contributed by atoms with Crippen molar-refractivity contribution in [3.8, 4) is 5.75 Å². The standard InChI is InChI=1S/C17H25BrN2O/c1-2-15-11-19-17(13-3-4-13)12-20(15)9-10-21-16-7-5-14(18)6-8-16/h5-8,13,15,17,19H,2-4,9-12H2,1H3. The number of hydrogen-bond acceptors (Lipinski definition) is 3. The van der Waals surface area contributed by atoms with Crippen LogP contribution >= 0.6 is 15.9 Å². The van der Waals surface area contributed by atoms with Crippen LogP contribution < -0.4 is 10.1 Å². The highest BCUT2D eigenvalue weighted by Crippen LogP contribution is 2.34. The van der Waals surface area contributed by atoms with Crippen molar-refractivity contribution in [2.75, 3.05) is 26.2 Å². The highest BCUT2D eigenvalue weighted by atomic mass is 79.9. The first kappa shape index (κ1) is 15.3. The summed E-state index contributed by atoms with van der Waals surface area (Å²) in [7, 11) is 0. The largest absolute Gasteiger partial charge is 0.492 e.